The number of hydrogen-bond donors (Lipinski definition) is 1. The molecule has 31 heavy (non-hydrogen) atoms. The monoisotopic (exact) mass is 452 g/mol. The third-order valence-electron chi connectivity index (χ3n) is 4.95. The standard InChI is InChI=1S/C24H21ClN2O3S/c1-15(2)26-23(28)17-9-12-22-20(13-17)27(14-16-7-10-18(25)11-8-16)24(29)19-5-3-4-6-21(19)31(22)30/h3-13,15H,14H2,1-2H3,(H,26,28)/t31-/m1/s1. The molecule has 0 aliphatic carbocycles. The van der Waals surface area contributed by atoms with Gasteiger partial charge in [-0.3, -0.25) is 9.59 Å². The van der Waals surface area contributed by atoms with E-state index in [0.29, 0.717) is 31.6 Å². The molecule has 0 aromatic heterocycles. The lowest BCUT2D eigenvalue weighted by Crippen LogP contribution is -2.32. The second-order valence-corrected chi connectivity index (χ2v) is 9.45. The average Bonchev–Trinajstić information content (AvgIpc) is 2.84. The number of anilines is 1. The molecule has 3 aromatic carbocycles. The summed E-state index contributed by atoms with van der Waals surface area (Å²) < 4.78 is 13.4. The van der Waals surface area contributed by atoms with E-state index >= 15 is 0 Å². The molecule has 2 amide bonds. The second-order valence-electron chi connectivity index (χ2n) is 7.59. The normalized spacial score (nSPS) is 15.3. The molecule has 0 unspecified atom stereocenters. The summed E-state index contributed by atoms with van der Waals surface area (Å²) in [6.45, 7) is 4.01. The molecule has 1 atom stereocenters. The van der Waals surface area contributed by atoms with Crippen LogP contribution in [-0.4, -0.2) is 22.1 Å². The van der Waals surface area contributed by atoms with Gasteiger partial charge in [-0.2, -0.15) is 0 Å². The van der Waals surface area contributed by atoms with Crippen LogP contribution in [0.2, 0.25) is 5.02 Å². The fraction of sp³-hybridized carbons (Fsp3) is 0.167. The molecular formula is C24H21ClN2O3S. The molecular weight excluding hydrogens is 432 g/mol. The molecule has 4 rings (SSSR count). The predicted molar refractivity (Wildman–Crippen MR) is 122 cm³/mol. The fourth-order valence-electron chi connectivity index (χ4n) is 3.48. The first-order valence-electron chi connectivity index (χ1n) is 9.87. The largest absolute Gasteiger partial charge is 0.350 e. The minimum atomic E-state index is -1.56. The van der Waals surface area contributed by atoms with Gasteiger partial charge >= 0.3 is 0 Å². The first-order valence-corrected chi connectivity index (χ1v) is 11.4. The molecule has 1 N–H and O–H groups in total. The van der Waals surface area contributed by atoms with E-state index in [9.17, 15) is 13.8 Å². The van der Waals surface area contributed by atoms with Gasteiger partial charge in [0.05, 0.1) is 38.4 Å². The van der Waals surface area contributed by atoms with E-state index in [0.717, 1.165) is 5.56 Å². The highest BCUT2D eigenvalue weighted by Crippen LogP contribution is 2.36. The number of hydrogen-bond acceptors (Lipinski definition) is 3. The highest BCUT2D eigenvalue weighted by Gasteiger charge is 2.31. The van der Waals surface area contributed by atoms with E-state index in [4.69, 9.17) is 11.6 Å². The smallest absolute Gasteiger partial charge is 0.259 e. The Kier molecular flexibility index (Phi) is 5.94. The lowest BCUT2D eigenvalue weighted by atomic mass is 10.1. The molecule has 0 spiro atoms. The number of benzene rings is 3. The van der Waals surface area contributed by atoms with E-state index < -0.39 is 10.8 Å². The summed E-state index contributed by atoms with van der Waals surface area (Å²) in [4.78, 5) is 28.7. The van der Waals surface area contributed by atoms with Crippen molar-refractivity contribution in [3.63, 3.8) is 0 Å². The molecule has 3 aromatic rings. The fourth-order valence-corrected chi connectivity index (χ4v) is 4.95. The van der Waals surface area contributed by atoms with Crippen molar-refractivity contribution in [1.29, 1.82) is 0 Å². The van der Waals surface area contributed by atoms with Gasteiger partial charge < -0.3 is 10.2 Å². The van der Waals surface area contributed by atoms with Crippen LogP contribution >= 0.6 is 11.6 Å². The highest BCUT2D eigenvalue weighted by molar-refractivity contribution is 7.85. The Morgan fingerprint density at radius 3 is 2.45 bits per heavy atom. The molecule has 0 saturated heterocycles. The van der Waals surface area contributed by atoms with Crippen LogP contribution in [0.25, 0.3) is 0 Å². The van der Waals surface area contributed by atoms with Crippen molar-refractivity contribution in [3.05, 3.63) is 88.4 Å². The van der Waals surface area contributed by atoms with Gasteiger partial charge in [0, 0.05) is 16.6 Å². The van der Waals surface area contributed by atoms with E-state index in [1.54, 1.807) is 59.5 Å². The minimum Gasteiger partial charge on any atom is -0.350 e. The summed E-state index contributed by atoms with van der Waals surface area (Å²) >= 11 is 6.01. The Hall–Kier alpha value is -2.96. The maximum Gasteiger partial charge on any atom is 0.259 e. The maximum absolute atomic E-state index is 13.5. The van der Waals surface area contributed by atoms with E-state index in [-0.39, 0.29) is 24.4 Å². The van der Waals surface area contributed by atoms with E-state index in [2.05, 4.69) is 5.32 Å². The van der Waals surface area contributed by atoms with Crippen molar-refractivity contribution in [3.8, 4) is 0 Å². The van der Waals surface area contributed by atoms with Crippen LogP contribution in [0.3, 0.4) is 0 Å². The molecule has 0 saturated carbocycles. The molecule has 1 heterocycles. The lowest BCUT2D eigenvalue weighted by molar-refractivity contribution is 0.0940. The molecule has 158 valence electrons. The number of rotatable bonds is 4. The van der Waals surface area contributed by atoms with Crippen LogP contribution in [-0.2, 0) is 17.3 Å². The predicted octanol–water partition coefficient (Wildman–Crippen LogP) is 4.81. The van der Waals surface area contributed by atoms with Crippen molar-refractivity contribution in [1.82, 2.24) is 5.32 Å². The SMILES string of the molecule is CC(C)NC(=O)c1ccc2c(c1)N(Cc1ccc(Cl)cc1)C(=O)c1ccccc1[S@]2=O. The quantitative estimate of drug-likeness (QED) is 0.618. The molecule has 5 nitrogen and oxygen atoms in total. The van der Waals surface area contributed by atoms with Gasteiger partial charge in [-0.05, 0) is 61.9 Å². The number of nitrogens with one attached hydrogen (secondary N) is 1. The van der Waals surface area contributed by atoms with Crippen molar-refractivity contribution in [2.24, 2.45) is 0 Å². The van der Waals surface area contributed by atoms with Gasteiger partial charge in [0.1, 0.15) is 0 Å². The zero-order valence-corrected chi connectivity index (χ0v) is 18.7. The summed E-state index contributed by atoms with van der Waals surface area (Å²) in [7, 11) is -1.56. The van der Waals surface area contributed by atoms with Crippen LogP contribution in [0, 0.1) is 0 Å². The Balaban J connectivity index is 1.86. The van der Waals surface area contributed by atoms with Crippen LogP contribution in [0.1, 0.15) is 40.1 Å². The van der Waals surface area contributed by atoms with Crippen molar-refractivity contribution in [2.75, 3.05) is 4.90 Å². The molecule has 1 aliphatic heterocycles. The van der Waals surface area contributed by atoms with Crippen LogP contribution in [0.4, 0.5) is 5.69 Å². The number of nitrogens with zero attached hydrogens (tertiary/aromatic N) is 1. The van der Waals surface area contributed by atoms with E-state index in [1.807, 2.05) is 26.0 Å². The number of fused-ring (bicyclic) bond motifs is 2. The van der Waals surface area contributed by atoms with Gasteiger partial charge in [0.15, 0.2) is 0 Å². The molecule has 7 heteroatoms. The summed E-state index contributed by atoms with van der Waals surface area (Å²) in [5, 5.41) is 3.46. The van der Waals surface area contributed by atoms with Crippen molar-refractivity contribution >= 4 is 39.9 Å². The maximum atomic E-state index is 13.5. The second kappa shape index (κ2) is 8.65. The van der Waals surface area contributed by atoms with Gasteiger partial charge in [-0.15, -0.1) is 0 Å². The summed E-state index contributed by atoms with van der Waals surface area (Å²) in [5.41, 5.74) is 2.13. The molecule has 0 radical (unpaired) electrons. The van der Waals surface area contributed by atoms with Crippen molar-refractivity contribution < 1.29 is 13.8 Å². The van der Waals surface area contributed by atoms with Crippen LogP contribution in [0.5, 0.6) is 0 Å². The minimum absolute atomic E-state index is 0.0310. The molecule has 0 bridgehead atoms. The first kappa shape index (κ1) is 21.3. The Labute approximate surface area is 188 Å². The third-order valence-corrected chi connectivity index (χ3v) is 6.70. The summed E-state index contributed by atoms with van der Waals surface area (Å²) in [6, 6.07) is 19.1. The Bertz CT molecular complexity index is 1190. The van der Waals surface area contributed by atoms with Gasteiger partial charge in [0.2, 0.25) is 0 Å². The summed E-state index contributed by atoms with van der Waals surface area (Å²) in [5.74, 6) is -0.511. The first-order chi connectivity index (χ1) is 14.8. The number of halogens is 1. The highest BCUT2D eigenvalue weighted by atomic mass is 35.5. The zero-order valence-electron chi connectivity index (χ0n) is 17.1. The number of carbonyl (C=O) groups excluding carboxylic acids is 2. The van der Waals surface area contributed by atoms with E-state index in [1.165, 1.54) is 0 Å². The zero-order chi connectivity index (χ0) is 22.1. The van der Waals surface area contributed by atoms with Gasteiger partial charge in [0.25, 0.3) is 11.8 Å². The lowest BCUT2D eigenvalue weighted by Gasteiger charge is -2.24. The Morgan fingerprint density at radius 2 is 1.74 bits per heavy atom. The number of amides is 2. The third kappa shape index (κ3) is 4.27. The van der Waals surface area contributed by atoms with Crippen molar-refractivity contribution in [2.45, 2.75) is 36.2 Å². The summed E-state index contributed by atoms with van der Waals surface area (Å²) in [6.07, 6.45) is 0. The molecule has 0 fully saturated rings. The van der Waals surface area contributed by atoms with Gasteiger partial charge in [-0.25, -0.2) is 4.21 Å². The van der Waals surface area contributed by atoms with Crippen LogP contribution < -0.4 is 10.2 Å². The molecule has 1 aliphatic rings. The number of carbonyl (C=O) groups is 2. The average molecular weight is 453 g/mol. The van der Waals surface area contributed by atoms with Crippen LogP contribution in [0.15, 0.2) is 76.5 Å². The van der Waals surface area contributed by atoms with Gasteiger partial charge in [-0.1, -0.05) is 35.9 Å². The topological polar surface area (TPSA) is 66.5 Å². The Morgan fingerprint density at radius 1 is 1.03 bits per heavy atom.